The summed E-state index contributed by atoms with van der Waals surface area (Å²) in [6.45, 7) is 6.41. The number of halogens is 1. The van der Waals surface area contributed by atoms with Gasteiger partial charge < -0.3 is 30.4 Å². The van der Waals surface area contributed by atoms with Gasteiger partial charge in [0.1, 0.15) is 0 Å². The van der Waals surface area contributed by atoms with E-state index in [-0.39, 0.29) is 30.4 Å². The Labute approximate surface area is 208 Å². The van der Waals surface area contributed by atoms with Crippen LogP contribution >= 0.6 is 12.4 Å². The van der Waals surface area contributed by atoms with Crippen molar-refractivity contribution < 1.29 is 19.4 Å². The molecule has 0 aliphatic carbocycles. The van der Waals surface area contributed by atoms with E-state index < -0.39 is 18.1 Å². The first kappa shape index (κ1) is 28.0. The highest BCUT2D eigenvalue weighted by molar-refractivity contribution is 5.92. The third-order valence-electron chi connectivity index (χ3n) is 6.52. The number of methoxy groups -OCH3 is 1. The molecule has 0 radical (unpaired) electrons. The largest absolute Gasteiger partial charge is 0.465 e. The fourth-order valence-electron chi connectivity index (χ4n) is 5.07. The zero-order chi connectivity index (χ0) is 23.8. The summed E-state index contributed by atoms with van der Waals surface area (Å²) in [6, 6.07) is 7.42. The Bertz CT molecular complexity index is 913. The molecule has 1 saturated heterocycles. The normalized spacial score (nSPS) is 17.7. The Morgan fingerprint density at radius 2 is 2.06 bits per heavy atom. The standard InChI is InChI=1S/C25H38N4O4.ClH/c1-17(2)29(19-9-7-13-26-16-19)24(30)22(20-10-6-8-18-12-14-27-23(18)20)21(28-25(31)32)11-4-5-15-33-3;/h6,8,10,12,14,17,19,21-22,26-28H,4-5,7,9,11,13,15-16H2,1-3H3,(H,31,32);1H/t19-,21?,22?;/m1./s1. The lowest BCUT2D eigenvalue weighted by molar-refractivity contribution is -0.138. The Balaban J connectivity index is 0.00000408. The summed E-state index contributed by atoms with van der Waals surface area (Å²) in [5.41, 5.74) is 1.72. The third-order valence-corrected chi connectivity index (χ3v) is 6.52. The molecule has 2 unspecified atom stereocenters. The summed E-state index contributed by atoms with van der Waals surface area (Å²) in [7, 11) is 1.66. The van der Waals surface area contributed by atoms with Gasteiger partial charge in [-0.15, -0.1) is 12.4 Å². The summed E-state index contributed by atoms with van der Waals surface area (Å²) >= 11 is 0. The van der Waals surface area contributed by atoms with Crippen molar-refractivity contribution >= 4 is 35.3 Å². The lowest BCUT2D eigenvalue weighted by Crippen LogP contribution is -2.55. The SMILES string of the molecule is COCCCCC(NC(=O)O)C(C(=O)N(C(C)C)[C@@H]1CCCNC1)c1cccc2cc[nH]c12.Cl. The van der Waals surface area contributed by atoms with Crippen LogP contribution in [0.15, 0.2) is 30.5 Å². The second kappa shape index (κ2) is 13.6. The molecule has 0 spiro atoms. The number of carbonyl (C=O) groups excluding carboxylic acids is 1. The topological polar surface area (TPSA) is 107 Å². The van der Waals surface area contributed by atoms with Gasteiger partial charge in [0.2, 0.25) is 5.91 Å². The molecule has 34 heavy (non-hydrogen) atoms. The lowest BCUT2D eigenvalue weighted by Gasteiger charge is -2.41. The van der Waals surface area contributed by atoms with Crippen molar-refractivity contribution in [2.24, 2.45) is 0 Å². The zero-order valence-electron chi connectivity index (χ0n) is 20.4. The quantitative estimate of drug-likeness (QED) is 0.352. The lowest BCUT2D eigenvalue weighted by atomic mass is 9.85. The first-order valence-corrected chi connectivity index (χ1v) is 12.0. The molecule has 1 fully saturated rings. The fourth-order valence-corrected chi connectivity index (χ4v) is 5.07. The number of aromatic nitrogens is 1. The smallest absolute Gasteiger partial charge is 0.404 e. The predicted octanol–water partition coefficient (Wildman–Crippen LogP) is 4.12. The number of H-pyrrole nitrogens is 1. The monoisotopic (exact) mass is 494 g/mol. The summed E-state index contributed by atoms with van der Waals surface area (Å²) in [5.74, 6) is -0.651. The molecular formula is C25H39ClN4O4. The van der Waals surface area contributed by atoms with E-state index in [1.165, 1.54) is 0 Å². The Kier molecular flexibility index (Phi) is 11.1. The van der Waals surface area contributed by atoms with Gasteiger partial charge in [-0.1, -0.05) is 18.2 Å². The number of amides is 2. The maximum absolute atomic E-state index is 14.3. The van der Waals surface area contributed by atoms with Crippen molar-refractivity contribution in [3.05, 3.63) is 36.0 Å². The van der Waals surface area contributed by atoms with Gasteiger partial charge in [0.05, 0.1) is 5.92 Å². The van der Waals surface area contributed by atoms with Crippen molar-refractivity contribution in [1.29, 1.82) is 0 Å². The van der Waals surface area contributed by atoms with Crippen molar-refractivity contribution in [3.8, 4) is 0 Å². The number of ether oxygens (including phenoxy) is 1. The number of nitrogens with zero attached hydrogens (tertiary/aromatic N) is 1. The maximum atomic E-state index is 14.3. The van der Waals surface area contributed by atoms with Gasteiger partial charge in [-0.25, -0.2) is 4.79 Å². The van der Waals surface area contributed by atoms with Gasteiger partial charge in [-0.05, 0) is 69.5 Å². The van der Waals surface area contributed by atoms with Crippen LogP contribution in [0.25, 0.3) is 10.9 Å². The maximum Gasteiger partial charge on any atom is 0.404 e. The molecule has 8 nitrogen and oxygen atoms in total. The zero-order valence-corrected chi connectivity index (χ0v) is 21.2. The Morgan fingerprint density at radius 1 is 1.26 bits per heavy atom. The van der Waals surface area contributed by atoms with E-state index in [0.29, 0.717) is 13.0 Å². The van der Waals surface area contributed by atoms with E-state index in [9.17, 15) is 14.7 Å². The van der Waals surface area contributed by atoms with Crippen molar-refractivity contribution in [2.45, 2.75) is 70.0 Å². The van der Waals surface area contributed by atoms with Crippen molar-refractivity contribution in [2.75, 3.05) is 26.8 Å². The molecule has 1 aromatic heterocycles. The van der Waals surface area contributed by atoms with E-state index in [2.05, 4.69) is 15.6 Å². The van der Waals surface area contributed by atoms with E-state index in [4.69, 9.17) is 4.74 Å². The number of para-hydroxylation sites is 1. The molecule has 190 valence electrons. The summed E-state index contributed by atoms with van der Waals surface area (Å²) in [6.07, 6.45) is 4.83. The highest BCUT2D eigenvalue weighted by Crippen LogP contribution is 2.33. The number of hydrogen-bond acceptors (Lipinski definition) is 4. The minimum absolute atomic E-state index is 0. The number of benzene rings is 1. The first-order valence-electron chi connectivity index (χ1n) is 12.0. The average molecular weight is 495 g/mol. The van der Waals surface area contributed by atoms with Crippen LogP contribution in [0.3, 0.4) is 0 Å². The van der Waals surface area contributed by atoms with Gasteiger partial charge in [0.15, 0.2) is 0 Å². The van der Waals surface area contributed by atoms with Crippen LogP contribution in [0, 0.1) is 0 Å². The van der Waals surface area contributed by atoms with Crippen molar-refractivity contribution in [3.63, 3.8) is 0 Å². The first-order chi connectivity index (χ1) is 15.9. The molecule has 9 heteroatoms. The second-order valence-electron chi connectivity index (χ2n) is 9.15. The number of nitrogens with one attached hydrogen (secondary N) is 3. The van der Waals surface area contributed by atoms with Crippen LogP contribution in [0.4, 0.5) is 4.79 Å². The minimum atomic E-state index is -1.11. The number of aromatic amines is 1. The van der Waals surface area contributed by atoms with Gasteiger partial charge in [-0.2, -0.15) is 0 Å². The van der Waals surface area contributed by atoms with Gasteiger partial charge in [0.25, 0.3) is 0 Å². The van der Waals surface area contributed by atoms with Crippen LogP contribution in [-0.4, -0.2) is 71.9 Å². The molecule has 2 amide bonds. The number of hydrogen-bond donors (Lipinski definition) is 4. The highest BCUT2D eigenvalue weighted by atomic mass is 35.5. The molecule has 4 N–H and O–H groups in total. The number of piperidine rings is 1. The molecule has 1 aromatic carbocycles. The number of fused-ring (bicyclic) bond motifs is 1. The van der Waals surface area contributed by atoms with E-state index in [1.807, 2.05) is 49.2 Å². The molecule has 0 saturated carbocycles. The fraction of sp³-hybridized carbons (Fsp3) is 0.600. The summed E-state index contributed by atoms with van der Waals surface area (Å²) in [4.78, 5) is 31.3. The molecular weight excluding hydrogens is 456 g/mol. The minimum Gasteiger partial charge on any atom is -0.465 e. The molecule has 0 bridgehead atoms. The van der Waals surface area contributed by atoms with Crippen LogP contribution < -0.4 is 10.6 Å². The second-order valence-corrected chi connectivity index (χ2v) is 9.15. The van der Waals surface area contributed by atoms with Gasteiger partial charge in [-0.3, -0.25) is 4.79 Å². The number of carboxylic acid groups (broad SMARTS) is 1. The van der Waals surface area contributed by atoms with Crippen molar-refractivity contribution in [1.82, 2.24) is 20.5 Å². The predicted molar refractivity (Wildman–Crippen MR) is 137 cm³/mol. The summed E-state index contributed by atoms with van der Waals surface area (Å²) in [5, 5.41) is 16.8. The van der Waals surface area contributed by atoms with Crippen LogP contribution in [0.1, 0.15) is 57.4 Å². The van der Waals surface area contributed by atoms with Gasteiger partial charge in [0, 0.05) is 50.1 Å². The molecule has 1 aliphatic rings. The highest BCUT2D eigenvalue weighted by Gasteiger charge is 2.38. The molecule has 3 rings (SSSR count). The van der Waals surface area contributed by atoms with E-state index in [0.717, 1.165) is 55.2 Å². The molecule has 3 atom stereocenters. The molecule has 2 heterocycles. The molecule has 1 aliphatic heterocycles. The Morgan fingerprint density at radius 3 is 2.71 bits per heavy atom. The summed E-state index contributed by atoms with van der Waals surface area (Å²) < 4.78 is 5.17. The number of rotatable bonds is 11. The number of carbonyl (C=O) groups is 2. The molecule has 2 aromatic rings. The van der Waals surface area contributed by atoms with Crippen LogP contribution in [0.5, 0.6) is 0 Å². The van der Waals surface area contributed by atoms with Crippen LogP contribution in [0.2, 0.25) is 0 Å². The third kappa shape index (κ3) is 6.87. The average Bonchev–Trinajstić information content (AvgIpc) is 3.27. The van der Waals surface area contributed by atoms with Crippen LogP contribution in [-0.2, 0) is 9.53 Å². The Hall–Kier alpha value is -2.29. The number of unbranched alkanes of at least 4 members (excludes halogenated alkanes) is 1. The van der Waals surface area contributed by atoms with Gasteiger partial charge >= 0.3 is 6.09 Å². The van der Waals surface area contributed by atoms with E-state index >= 15 is 0 Å². The van der Waals surface area contributed by atoms with E-state index in [1.54, 1.807) is 7.11 Å².